The van der Waals surface area contributed by atoms with Gasteiger partial charge >= 0.3 is 5.97 Å². The molecule has 0 unspecified atom stereocenters. The smallest absolute Gasteiger partial charge is 0.387 e. The molecule has 0 saturated heterocycles. The van der Waals surface area contributed by atoms with Crippen molar-refractivity contribution in [2.24, 2.45) is 5.73 Å². The van der Waals surface area contributed by atoms with Crippen molar-refractivity contribution in [2.75, 3.05) is 0 Å². The fourth-order valence-electron chi connectivity index (χ4n) is 0.0586. The van der Waals surface area contributed by atoms with Crippen LogP contribution < -0.4 is 5.73 Å². The normalized spacial score (nSPS) is 7.57. The molecule has 40 valence electrons. The molecule has 0 bridgehead atoms. The molecule has 4 heteroatoms. The van der Waals surface area contributed by atoms with Crippen LogP contribution in [0.2, 0.25) is 0 Å². The summed E-state index contributed by atoms with van der Waals surface area (Å²) < 4.78 is 0. The van der Waals surface area contributed by atoms with E-state index in [-0.39, 0.29) is 5.70 Å². The maximum absolute atomic E-state index is 9.81. The molecule has 0 spiro atoms. The topological polar surface area (TPSA) is 72.6 Å². The molecule has 0 amide bonds. The summed E-state index contributed by atoms with van der Waals surface area (Å²) in [6.45, 7) is 2.97. The van der Waals surface area contributed by atoms with Crippen LogP contribution in [-0.2, 0) is 9.68 Å². The third-order valence-corrected chi connectivity index (χ3v) is 0.345. The number of hydrogen-bond donors (Lipinski definition) is 2. The third kappa shape index (κ3) is 1.77. The largest absolute Gasteiger partial charge is 0.393 e. The molecule has 7 heavy (non-hydrogen) atoms. The van der Waals surface area contributed by atoms with E-state index < -0.39 is 5.97 Å². The predicted molar refractivity (Wildman–Crippen MR) is 22.0 cm³/mol. The van der Waals surface area contributed by atoms with Gasteiger partial charge in [-0.1, -0.05) is 6.58 Å². The van der Waals surface area contributed by atoms with E-state index in [1.165, 1.54) is 0 Å². The van der Waals surface area contributed by atoms with Gasteiger partial charge in [-0.3, -0.25) is 4.89 Å². The highest BCUT2D eigenvalue weighted by atomic mass is 17.1. The van der Waals surface area contributed by atoms with E-state index in [0.29, 0.717) is 0 Å². The van der Waals surface area contributed by atoms with Gasteiger partial charge < -0.3 is 5.73 Å². The lowest BCUT2D eigenvalue weighted by Gasteiger charge is -1.88. The Labute approximate surface area is 40.1 Å². The summed E-state index contributed by atoms with van der Waals surface area (Å²) in [4.78, 5) is 13.0. The lowest BCUT2D eigenvalue weighted by Crippen LogP contribution is -2.10. The van der Waals surface area contributed by atoms with Crippen LogP contribution in [0.5, 0.6) is 0 Å². The summed E-state index contributed by atoms with van der Waals surface area (Å²) in [7, 11) is 0. The Hall–Kier alpha value is -1.03. The zero-order chi connectivity index (χ0) is 5.86. The fourth-order valence-corrected chi connectivity index (χ4v) is 0.0586. The van der Waals surface area contributed by atoms with Crippen molar-refractivity contribution >= 4 is 5.97 Å². The van der Waals surface area contributed by atoms with Gasteiger partial charge in [-0.05, 0) is 0 Å². The van der Waals surface area contributed by atoms with Crippen molar-refractivity contribution in [1.29, 1.82) is 0 Å². The van der Waals surface area contributed by atoms with Crippen LogP contribution in [0.3, 0.4) is 0 Å². The van der Waals surface area contributed by atoms with Crippen molar-refractivity contribution in [3.05, 3.63) is 12.3 Å². The SMILES string of the molecule is C=C(N)C(=O)OO. The van der Waals surface area contributed by atoms with Crippen LogP contribution in [0.15, 0.2) is 12.3 Å². The van der Waals surface area contributed by atoms with Crippen LogP contribution in [0.25, 0.3) is 0 Å². The molecule has 0 aromatic rings. The molecule has 3 N–H and O–H groups in total. The molecule has 0 heterocycles. The van der Waals surface area contributed by atoms with Crippen LogP contribution in [-0.4, -0.2) is 11.2 Å². The highest BCUT2D eigenvalue weighted by Gasteiger charge is 1.99. The van der Waals surface area contributed by atoms with Gasteiger partial charge in [0.1, 0.15) is 5.70 Å². The van der Waals surface area contributed by atoms with E-state index in [9.17, 15) is 4.79 Å². The molecule has 0 radical (unpaired) electrons. The van der Waals surface area contributed by atoms with E-state index in [4.69, 9.17) is 11.0 Å². The maximum Gasteiger partial charge on any atom is 0.387 e. The molecule has 0 atom stereocenters. The predicted octanol–water partition coefficient (Wildman–Crippen LogP) is -0.525. The molecule has 0 aliphatic heterocycles. The second-order valence-corrected chi connectivity index (χ2v) is 0.904. The van der Waals surface area contributed by atoms with E-state index in [2.05, 4.69) is 11.5 Å². The van der Waals surface area contributed by atoms with E-state index in [0.717, 1.165) is 0 Å². The van der Waals surface area contributed by atoms with Crippen LogP contribution in [0.4, 0.5) is 0 Å². The molecule has 4 nitrogen and oxygen atoms in total. The van der Waals surface area contributed by atoms with Crippen molar-refractivity contribution in [1.82, 2.24) is 0 Å². The second kappa shape index (κ2) is 2.20. The van der Waals surface area contributed by atoms with Gasteiger partial charge in [0.05, 0.1) is 0 Å². The van der Waals surface area contributed by atoms with E-state index in [1.54, 1.807) is 0 Å². The summed E-state index contributed by atoms with van der Waals surface area (Å²) in [5.74, 6) is -1.01. The van der Waals surface area contributed by atoms with Gasteiger partial charge in [0.15, 0.2) is 0 Å². The highest BCUT2D eigenvalue weighted by molar-refractivity contribution is 5.85. The minimum atomic E-state index is -1.01. The maximum atomic E-state index is 9.81. The van der Waals surface area contributed by atoms with Gasteiger partial charge in [0.2, 0.25) is 0 Å². The Morgan fingerprint density at radius 1 is 1.86 bits per heavy atom. The number of carbonyl (C=O) groups is 1. The lowest BCUT2D eigenvalue weighted by atomic mass is 10.5. The van der Waals surface area contributed by atoms with Gasteiger partial charge in [0, 0.05) is 0 Å². The van der Waals surface area contributed by atoms with E-state index in [1.807, 2.05) is 0 Å². The molecule has 0 saturated carbocycles. The van der Waals surface area contributed by atoms with Crippen molar-refractivity contribution in [3.63, 3.8) is 0 Å². The highest BCUT2D eigenvalue weighted by Crippen LogP contribution is 1.77. The van der Waals surface area contributed by atoms with Gasteiger partial charge in [0.25, 0.3) is 0 Å². The Bertz CT molecular complexity index is 98.4. The average molecular weight is 103 g/mol. The Morgan fingerprint density at radius 3 is 2.29 bits per heavy atom. The van der Waals surface area contributed by atoms with Gasteiger partial charge in [-0.25, -0.2) is 4.79 Å². The first-order chi connectivity index (χ1) is 3.18. The van der Waals surface area contributed by atoms with Gasteiger partial charge in [-0.2, -0.15) is 5.26 Å². The summed E-state index contributed by atoms with van der Waals surface area (Å²) in [5.41, 5.74) is 4.40. The van der Waals surface area contributed by atoms with Crippen molar-refractivity contribution in [3.8, 4) is 0 Å². The molecule has 0 aliphatic carbocycles. The zero-order valence-electron chi connectivity index (χ0n) is 3.55. The molecular formula is C3H5NO3. The van der Waals surface area contributed by atoms with E-state index >= 15 is 0 Å². The van der Waals surface area contributed by atoms with Crippen LogP contribution in [0, 0.1) is 0 Å². The first-order valence-corrected chi connectivity index (χ1v) is 1.48. The van der Waals surface area contributed by atoms with Crippen molar-refractivity contribution in [2.45, 2.75) is 0 Å². The van der Waals surface area contributed by atoms with Crippen LogP contribution >= 0.6 is 0 Å². The number of hydrogen-bond acceptors (Lipinski definition) is 4. The summed E-state index contributed by atoms with van der Waals surface area (Å²) in [6.07, 6.45) is 0. The Kier molecular flexibility index (Phi) is 1.87. The standard InChI is InChI=1S/C3H5NO3/c1-2(4)3(5)7-6/h6H,1,4H2. The molecule has 0 aromatic heterocycles. The summed E-state index contributed by atoms with van der Waals surface area (Å²) in [5, 5.41) is 7.51. The number of nitrogens with two attached hydrogens (primary N) is 1. The first kappa shape index (κ1) is 5.97. The van der Waals surface area contributed by atoms with Crippen molar-refractivity contribution < 1.29 is 14.9 Å². The summed E-state index contributed by atoms with van der Waals surface area (Å²) in [6, 6.07) is 0. The van der Waals surface area contributed by atoms with Crippen LogP contribution in [0.1, 0.15) is 0 Å². The minimum absolute atomic E-state index is 0.317. The summed E-state index contributed by atoms with van der Waals surface area (Å²) >= 11 is 0. The molecular weight excluding hydrogens is 98.0 g/mol. The monoisotopic (exact) mass is 103 g/mol. The Morgan fingerprint density at radius 2 is 2.29 bits per heavy atom. The zero-order valence-corrected chi connectivity index (χ0v) is 3.55. The fraction of sp³-hybridized carbons (Fsp3) is 0. The quantitative estimate of drug-likeness (QED) is 0.266. The third-order valence-electron chi connectivity index (χ3n) is 0.345. The Balaban J connectivity index is 3.58. The van der Waals surface area contributed by atoms with Gasteiger partial charge in [-0.15, -0.1) is 0 Å². The second-order valence-electron chi connectivity index (χ2n) is 0.904. The number of carbonyl (C=O) groups excluding carboxylic acids is 1. The molecule has 0 rings (SSSR count). The average Bonchev–Trinajstić information content (AvgIpc) is 1.65. The molecule has 0 aliphatic rings. The minimum Gasteiger partial charge on any atom is -0.393 e. The lowest BCUT2D eigenvalue weighted by molar-refractivity contribution is -0.229. The molecule has 0 fully saturated rings. The molecule has 0 aromatic carbocycles. The first-order valence-electron chi connectivity index (χ1n) is 1.48. The number of rotatable bonds is 1.